The van der Waals surface area contributed by atoms with Gasteiger partial charge in [-0.2, -0.15) is 8.78 Å². The van der Waals surface area contributed by atoms with E-state index >= 15 is 0 Å². The maximum atomic E-state index is 12.1. The van der Waals surface area contributed by atoms with Crippen molar-refractivity contribution in [1.29, 1.82) is 0 Å². The summed E-state index contributed by atoms with van der Waals surface area (Å²) in [5.41, 5.74) is 5.38. The van der Waals surface area contributed by atoms with Crippen LogP contribution in [0.4, 0.5) is 8.78 Å². The van der Waals surface area contributed by atoms with E-state index in [2.05, 4.69) is 4.90 Å². The number of hydrogen-bond donors (Lipinski definition) is 2. The lowest BCUT2D eigenvalue weighted by molar-refractivity contribution is 0.205. The second kappa shape index (κ2) is 5.85. The Labute approximate surface area is 94.0 Å². The van der Waals surface area contributed by atoms with Crippen LogP contribution in [0.1, 0.15) is 12.8 Å². The average Bonchev–Trinajstić information content (AvgIpc) is 2.21. The van der Waals surface area contributed by atoms with E-state index in [4.69, 9.17) is 5.73 Å². The van der Waals surface area contributed by atoms with Crippen molar-refractivity contribution in [2.45, 2.75) is 24.6 Å². The molecule has 1 fully saturated rings. The van der Waals surface area contributed by atoms with E-state index in [1.165, 1.54) is 0 Å². The molecular weight excluding hydrogens is 240 g/mol. The first kappa shape index (κ1) is 13.8. The zero-order valence-electron chi connectivity index (χ0n) is 8.90. The molecule has 1 aliphatic heterocycles. The molecule has 5 nitrogen and oxygen atoms in total. The highest BCUT2D eigenvalue weighted by Crippen LogP contribution is 2.12. The summed E-state index contributed by atoms with van der Waals surface area (Å²) in [5, 5.41) is 0. The molecule has 0 aromatic carbocycles. The van der Waals surface area contributed by atoms with Crippen molar-refractivity contribution in [2.75, 3.05) is 26.2 Å². The average molecular weight is 257 g/mol. The van der Waals surface area contributed by atoms with E-state index in [-0.39, 0.29) is 6.04 Å². The second-order valence-electron chi connectivity index (χ2n) is 3.83. The van der Waals surface area contributed by atoms with Crippen LogP contribution < -0.4 is 10.5 Å². The van der Waals surface area contributed by atoms with Gasteiger partial charge in [-0.1, -0.05) is 0 Å². The van der Waals surface area contributed by atoms with Crippen molar-refractivity contribution in [3.05, 3.63) is 0 Å². The Balaban J connectivity index is 2.38. The van der Waals surface area contributed by atoms with E-state index < -0.39 is 15.8 Å². The minimum absolute atomic E-state index is 0.381. The van der Waals surface area contributed by atoms with Crippen LogP contribution in [0.3, 0.4) is 0 Å². The van der Waals surface area contributed by atoms with E-state index in [0.717, 1.165) is 6.54 Å². The molecule has 0 saturated carbocycles. The quantitative estimate of drug-likeness (QED) is 0.699. The highest BCUT2D eigenvalue weighted by Gasteiger charge is 2.29. The van der Waals surface area contributed by atoms with Crippen LogP contribution in [0.15, 0.2) is 0 Å². The van der Waals surface area contributed by atoms with Gasteiger partial charge in [0.05, 0.1) is 0 Å². The van der Waals surface area contributed by atoms with E-state index in [1.54, 1.807) is 0 Å². The van der Waals surface area contributed by atoms with E-state index in [1.807, 2.05) is 4.72 Å². The summed E-state index contributed by atoms with van der Waals surface area (Å²) in [5.74, 6) is -3.35. The van der Waals surface area contributed by atoms with Crippen LogP contribution in [0.25, 0.3) is 0 Å². The van der Waals surface area contributed by atoms with Gasteiger partial charge in [0.2, 0.25) is 0 Å². The van der Waals surface area contributed by atoms with Crippen LogP contribution in [0.2, 0.25) is 0 Å². The molecular formula is C8H17F2N3O2S. The largest absolute Gasteiger partial charge is 0.350 e. The highest BCUT2D eigenvalue weighted by molar-refractivity contribution is 7.89. The third kappa shape index (κ3) is 3.93. The molecule has 0 aliphatic carbocycles. The Hall–Kier alpha value is -0.310. The number of hydrogen-bond acceptors (Lipinski definition) is 4. The summed E-state index contributed by atoms with van der Waals surface area (Å²) in [6.45, 7) is 2.68. The molecule has 1 rings (SSSR count). The Morgan fingerprint density at radius 3 is 2.38 bits per heavy atom. The maximum absolute atomic E-state index is 12.1. The molecule has 3 N–H and O–H groups in total. The first-order valence-electron chi connectivity index (χ1n) is 5.17. The molecule has 0 bridgehead atoms. The van der Waals surface area contributed by atoms with Crippen molar-refractivity contribution >= 4 is 10.0 Å². The summed E-state index contributed by atoms with van der Waals surface area (Å²) in [6, 6.07) is -0.381. The second-order valence-corrected chi connectivity index (χ2v) is 5.51. The molecule has 0 amide bonds. The Morgan fingerprint density at radius 1 is 1.38 bits per heavy atom. The predicted octanol–water partition coefficient (Wildman–Crippen LogP) is -0.448. The van der Waals surface area contributed by atoms with Gasteiger partial charge in [0.25, 0.3) is 10.0 Å². The van der Waals surface area contributed by atoms with Crippen LogP contribution in [0, 0.1) is 0 Å². The van der Waals surface area contributed by atoms with Gasteiger partial charge < -0.3 is 10.6 Å². The predicted molar refractivity (Wildman–Crippen MR) is 56.6 cm³/mol. The SMILES string of the molecule is NCCN1CCC(NS(=O)(=O)C(F)F)CC1. The van der Waals surface area contributed by atoms with Gasteiger partial charge in [0.15, 0.2) is 0 Å². The fourth-order valence-corrected chi connectivity index (χ4v) is 2.54. The van der Waals surface area contributed by atoms with Crippen molar-refractivity contribution in [2.24, 2.45) is 5.73 Å². The summed E-state index contributed by atoms with van der Waals surface area (Å²) in [6.07, 6.45) is 1.10. The van der Waals surface area contributed by atoms with E-state index in [9.17, 15) is 17.2 Å². The molecule has 0 atom stereocenters. The van der Waals surface area contributed by atoms with Crippen LogP contribution in [-0.4, -0.2) is 51.3 Å². The number of piperidine rings is 1. The van der Waals surface area contributed by atoms with E-state index in [0.29, 0.717) is 32.5 Å². The van der Waals surface area contributed by atoms with Gasteiger partial charge in [0.1, 0.15) is 0 Å². The first-order chi connectivity index (χ1) is 7.45. The lowest BCUT2D eigenvalue weighted by Gasteiger charge is -2.31. The number of sulfonamides is 1. The van der Waals surface area contributed by atoms with Crippen molar-refractivity contribution in [3.8, 4) is 0 Å². The maximum Gasteiger partial charge on any atom is 0.350 e. The molecule has 16 heavy (non-hydrogen) atoms. The van der Waals surface area contributed by atoms with Gasteiger partial charge in [0, 0.05) is 19.1 Å². The lowest BCUT2D eigenvalue weighted by atomic mass is 10.1. The Morgan fingerprint density at radius 2 is 1.94 bits per heavy atom. The minimum Gasteiger partial charge on any atom is -0.329 e. The van der Waals surface area contributed by atoms with Gasteiger partial charge in [-0.05, 0) is 25.9 Å². The number of likely N-dealkylation sites (tertiary alicyclic amines) is 1. The fourth-order valence-electron chi connectivity index (χ4n) is 1.74. The zero-order valence-corrected chi connectivity index (χ0v) is 9.72. The smallest absolute Gasteiger partial charge is 0.329 e. The van der Waals surface area contributed by atoms with Crippen molar-refractivity contribution < 1.29 is 17.2 Å². The highest BCUT2D eigenvalue weighted by atomic mass is 32.2. The zero-order chi connectivity index (χ0) is 12.2. The molecule has 1 heterocycles. The minimum atomic E-state index is -4.45. The van der Waals surface area contributed by atoms with Crippen LogP contribution >= 0.6 is 0 Å². The monoisotopic (exact) mass is 257 g/mol. The van der Waals surface area contributed by atoms with Gasteiger partial charge in [-0.25, -0.2) is 13.1 Å². The molecule has 96 valence electrons. The first-order valence-corrected chi connectivity index (χ1v) is 6.72. The number of halogens is 2. The molecule has 0 unspecified atom stereocenters. The summed E-state index contributed by atoms with van der Waals surface area (Å²) in [4.78, 5) is 2.09. The number of nitrogens with two attached hydrogens (primary N) is 1. The molecule has 0 aromatic heterocycles. The summed E-state index contributed by atoms with van der Waals surface area (Å²) >= 11 is 0. The summed E-state index contributed by atoms with van der Waals surface area (Å²) < 4.78 is 48.0. The number of rotatable bonds is 5. The van der Waals surface area contributed by atoms with Crippen LogP contribution in [-0.2, 0) is 10.0 Å². The number of nitrogens with zero attached hydrogens (tertiary/aromatic N) is 1. The molecule has 8 heteroatoms. The topological polar surface area (TPSA) is 75.4 Å². The fraction of sp³-hybridized carbons (Fsp3) is 1.00. The molecule has 0 radical (unpaired) electrons. The molecule has 0 aromatic rings. The van der Waals surface area contributed by atoms with Gasteiger partial charge in [-0.15, -0.1) is 0 Å². The normalized spacial score (nSPS) is 20.5. The Bertz CT molecular complexity index is 302. The standard InChI is InChI=1S/C8H17F2N3O2S/c9-8(10)16(14,15)12-7-1-4-13(5-2-7)6-3-11/h7-8,12H,1-6,11H2. The molecule has 0 spiro atoms. The van der Waals surface area contributed by atoms with Crippen molar-refractivity contribution in [3.63, 3.8) is 0 Å². The molecule has 1 saturated heterocycles. The van der Waals surface area contributed by atoms with Crippen LogP contribution in [0.5, 0.6) is 0 Å². The Kier molecular flexibility index (Phi) is 5.03. The number of alkyl halides is 2. The number of nitrogens with one attached hydrogen (secondary N) is 1. The molecule has 1 aliphatic rings. The van der Waals surface area contributed by atoms with Gasteiger partial charge in [-0.3, -0.25) is 0 Å². The van der Waals surface area contributed by atoms with Gasteiger partial charge >= 0.3 is 5.76 Å². The third-order valence-corrected chi connectivity index (χ3v) is 3.73. The summed E-state index contributed by atoms with van der Waals surface area (Å²) in [7, 11) is -4.45. The lowest BCUT2D eigenvalue weighted by Crippen LogP contribution is -2.46. The third-order valence-electron chi connectivity index (χ3n) is 2.60. The van der Waals surface area contributed by atoms with Crippen molar-refractivity contribution in [1.82, 2.24) is 9.62 Å².